The maximum atomic E-state index is 12.8. The van der Waals surface area contributed by atoms with Gasteiger partial charge in [0.15, 0.2) is 0 Å². The molecule has 1 aromatic rings. The fraction of sp³-hybridized carbons (Fsp3) is 0.632. The lowest BCUT2D eigenvalue weighted by atomic mass is 9.98. The first-order chi connectivity index (χ1) is 11.7. The van der Waals surface area contributed by atoms with E-state index in [1.165, 1.54) is 4.31 Å². The van der Waals surface area contributed by atoms with E-state index in [9.17, 15) is 13.2 Å². The second-order valence-electron chi connectivity index (χ2n) is 7.27. The molecule has 0 saturated carbocycles. The summed E-state index contributed by atoms with van der Waals surface area (Å²) < 4.78 is 32.4. The Hall–Kier alpha value is -1.40. The Morgan fingerprint density at radius 2 is 1.84 bits per heavy atom. The van der Waals surface area contributed by atoms with Crippen LogP contribution in [-0.4, -0.2) is 38.4 Å². The lowest BCUT2D eigenvalue weighted by Crippen LogP contribution is -2.40. The summed E-state index contributed by atoms with van der Waals surface area (Å²) in [7, 11) is -3.50. The highest BCUT2D eigenvalue weighted by atomic mass is 32.2. The van der Waals surface area contributed by atoms with Gasteiger partial charge in [0.05, 0.1) is 17.4 Å². The first kappa shape index (κ1) is 19.9. The highest BCUT2D eigenvalue weighted by Gasteiger charge is 2.32. The Bertz CT molecular complexity index is 704. The van der Waals surface area contributed by atoms with Crippen LogP contribution in [0.1, 0.15) is 44.2 Å². The van der Waals surface area contributed by atoms with E-state index in [2.05, 4.69) is 13.8 Å². The number of aryl methyl sites for hydroxylation is 2. The summed E-state index contributed by atoms with van der Waals surface area (Å²) in [4.78, 5) is 12.4. The van der Waals surface area contributed by atoms with Gasteiger partial charge in [-0.25, -0.2) is 8.42 Å². The second kappa shape index (κ2) is 8.32. The molecule has 0 radical (unpaired) electrons. The quantitative estimate of drug-likeness (QED) is 0.724. The minimum atomic E-state index is -3.50. The summed E-state index contributed by atoms with van der Waals surface area (Å²) in [5.74, 6) is 0.111. The maximum Gasteiger partial charge on any atom is 0.309 e. The van der Waals surface area contributed by atoms with Crippen LogP contribution in [0.4, 0.5) is 0 Å². The first-order valence-corrected chi connectivity index (χ1v) is 10.4. The van der Waals surface area contributed by atoms with Gasteiger partial charge in [0.25, 0.3) is 0 Å². The average molecular weight is 368 g/mol. The van der Waals surface area contributed by atoms with E-state index in [-0.39, 0.29) is 11.9 Å². The molecule has 2 rings (SSSR count). The topological polar surface area (TPSA) is 63.7 Å². The van der Waals surface area contributed by atoms with Crippen LogP contribution in [0.15, 0.2) is 23.1 Å². The van der Waals surface area contributed by atoms with Gasteiger partial charge in [0, 0.05) is 13.1 Å². The minimum absolute atomic E-state index is 0.191. The Labute approximate surface area is 151 Å². The van der Waals surface area contributed by atoms with Crippen molar-refractivity contribution in [2.24, 2.45) is 11.8 Å². The van der Waals surface area contributed by atoms with Crippen LogP contribution in [0.25, 0.3) is 0 Å². The van der Waals surface area contributed by atoms with Crippen molar-refractivity contribution in [2.45, 2.75) is 51.9 Å². The Balaban J connectivity index is 1.94. The van der Waals surface area contributed by atoms with Crippen molar-refractivity contribution in [1.82, 2.24) is 4.31 Å². The number of benzene rings is 1. The minimum Gasteiger partial charge on any atom is -0.465 e. The van der Waals surface area contributed by atoms with Gasteiger partial charge in [-0.1, -0.05) is 19.9 Å². The van der Waals surface area contributed by atoms with Crippen LogP contribution in [0.3, 0.4) is 0 Å². The van der Waals surface area contributed by atoms with Crippen molar-refractivity contribution >= 4 is 16.0 Å². The van der Waals surface area contributed by atoms with E-state index in [1.54, 1.807) is 12.1 Å². The summed E-state index contributed by atoms with van der Waals surface area (Å²) >= 11 is 0. The van der Waals surface area contributed by atoms with Gasteiger partial charge in [-0.2, -0.15) is 4.31 Å². The number of esters is 1. The van der Waals surface area contributed by atoms with Gasteiger partial charge in [0.1, 0.15) is 0 Å². The smallest absolute Gasteiger partial charge is 0.309 e. The maximum absolute atomic E-state index is 12.8. The fourth-order valence-corrected chi connectivity index (χ4v) is 4.42. The number of rotatable bonds is 6. The van der Waals surface area contributed by atoms with Crippen LogP contribution in [0, 0.1) is 25.7 Å². The van der Waals surface area contributed by atoms with Crippen LogP contribution in [0.5, 0.6) is 0 Å². The van der Waals surface area contributed by atoms with Gasteiger partial charge in [-0.15, -0.1) is 0 Å². The van der Waals surface area contributed by atoms with E-state index in [0.29, 0.717) is 43.4 Å². The molecule has 140 valence electrons. The Kier molecular flexibility index (Phi) is 6.63. The molecule has 0 unspecified atom stereocenters. The SMILES string of the molecule is Cc1ccc(S(=O)(=O)N2CCC(C(=O)OCCC(C)C)CC2)cc1C. The zero-order valence-corrected chi connectivity index (χ0v) is 16.4. The molecule has 0 aromatic heterocycles. The van der Waals surface area contributed by atoms with E-state index < -0.39 is 10.0 Å². The van der Waals surface area contributed by atoms with E-state index in [1.807, 2.05) is 19.9 Å². The van der Waals surface area contributed by atoms with E-state index in [0.717, 1.165) is 17.5 Å². The molecule has 0 N–H and O–H groups in total. The summed E-state index contributed by atoms with van der Waals surface area (Å²) in [6, 6.07) is 5.21. The lowest BCUT2D eigenvalue weighted by Gasteiger charge is -2.30. The molecule has 1 aliphatic heterocycles. The number of ether oxygens (including phenoxy) is 1. The van der Waals surface area contributed by atoms with Crippen molar-refractivity contribution in [1.29, 1.82) is 0 Å². The highest BCUT2D eigenvalue weighted by Crippen LogP contribution is 2.25. The molecule has 0 spiro atoms. The molecule has 0 aliphatic carbocycles. The van der Waals surface area contributed by atoms with Crippen LogP contribution in [0.2, 0.25) is 0 Å². The average Bonchev–Trinajstić information content (AvgIpc) is 2.57. The van der Waals surface area contributed by atoms with Crippen molar-refractivity contribution in [2.75, 3.05) is 19.7 Å². The molecule has 0 bridgehead atoms. The molecule has 1 aromatic carbocycles. The predicted octanol–water partition coefficient (Wildman–Crippen LogP) is 3.29. The summed E-state index contributed by atoms with van der Waals surface area (Å²) in [6.45, 7) is 9.21. The Morgan fingerprint density at radius 3 is 2.40 bits per heavy atom. The number of hydrogen-bond acceptors (Lipinski definition) is 4. The second-order valence-corrected chi connectivity index (χ2v) is 9.21. The Morgan fingerprint density at radius 1 is 1.20 bits per heavy atom. The molecule has 1 heterocycles. The lowest BCUT2D eigenvalue weighted by molar-refractivity contribution is -0.150. The van der Waals surface area contributed by atoms with Crippen molar-refractivity contribution in [3.05, 3.63) is 29.3 Å². The molecule has 25 heavy (non-hydrogen) atoms. The number of nitrogens with zero attached hydrogens (tertiary/aromatic N) is 1. The summed E-state index contributed by atoms with van der Waals surface area (Å²) in [6.07, 6.45) is 1.89. The molecule has 1 fully saturated rings. The van der Waals surface area contributed by atoms with E-state index >= 15 is 0 Å². The zero-order valence-electron chi connectivity index (χ0n) is 15.6. The zero-order chi connectivity index (χ0) is 18.6. The van der Waals surface area contributed by atoms with Crippen LogP contribution < -0.4 is 0 Å². The molecular formula is C19H29NO4S. The molecule has 5 nitrogen and oxygen atoms in total. The van der Waals surface area contributed by atoms with Gasteiger partial charge < -0.3 is 4.74 Å². The third-order valence-electron chi connectivity index (χ3n) is 4.84. The molecule has 0 amide bonds. The van der Waals surface area contributed by atoms with Crippen LogP contribution in [-0.2, 0) is 19.6 Å². The van der Waals surface area contributed by atoms with Crippen LogP contribution >= 0.6 is 0 Å². The third-order valence-corrected chi connectivity index (χ3v) is 6.74. The third kappa shape index (κ3) is 5.05. The van der Waals surface area contributed by atoms with Gasteiger partial charge in [-0.3, -0.25) is 4.79 Å². The number of hydrogen-bond donors (Lipinski definition) is 0. The van der Waals surface area contributed by atoms with E-state index in [4.69, 9.17) is 4.74 Å². The van der Waals surface area contributed by atoms with Crippen molar-refractivity contribution in [3.8, 4) is 0 Å². The normalized spacial score (nSPS) is 17.0. The summed E-state index contributed by atoms with van der Waals surface area (Å²) in [5.41, 5.74) is 2.03. The van der Waals surface area contributed by atoms with Gasteiger partial charge in [0.2, 0.25) is 10.0 Å². The number of sulfonamides is 1. The molecule has 1 saturated heterocycles. The van der Waals surface area contributed by atoms with Gasteiger partial charge in [-0.05, 0) is 62.3 Å². The first-order valence-electron chi connectivity index (χ1n) is 8.96. The van der Waals surface area contributed by atoms with Gasteiger partial charge >= 0.3 is 5.97 Å². The number of carbonyl (C=O) groups is 1. The predicted molar refractivity (Wildman–Crippen MR) is 97.8 cm³/mol. The summed E-state index contributed by atoms with van der Waals surface area (Å²) in [5, 5.41) is 0. The molecule has 1 aliphatic rings. The fourth-order valence-electron chi connectivity index (χ4n) is 2.87. The largest absolute Gasteiger partial charge is 0.465 e. The molecule has 6 heteroatoms. The highest BCUT2D eigenvalue weighted by molar-refractivity contribution is 7.89. The van der Waals surface area contributed by atoms with Crippen molar-refractivity contribution < 1.29 is 17.9 Å². The monoisotopic (exact) mass is 367 g/mol. The standard InChI is InChI=1S/C19H29NO4S/c1-14(2)9-12-24-19(21)17-7-10-20(11-8-17)25(22,23)18-6-5-15(3)16(4)13-18/h5-6,13-14,17H,7-12H2,1-4H3. The number of carbonyl (C=O) groups excluding carboxylic acids is 1. The number of piperidine rings is 1. The molecule has 0 atom stereocenters. The molecular weight excluding hydrogens is 338 g/mol. The van der Waals surface area contributed by atoms with Crippen molar-refractivity contribution in [3.63, 3.8) is 0 Å².